The van der Waals surface area contributed by atoms with Crippen LogP contribution in [0.25, 0.3) is 11.0 Å². The number of halogens is 1. The Balaban J connectivity index is 0.00000243. The second-order valence-corrected chi connectivity index (χ2v) is 6.40. The molecule has 2 N–H and O–H groups in total. The van der Waals surface area contributed by atoms with Crippen LogP contribution in [-0.2, 0) is 6.42 Å². The molecule has 3 aromatic rings. The summed E-state index contributed by atoms with van der Waals surface area (Å²) in [6.07, 6.45) is 0.797. The molecule has 0 atom stereocenters. The van der Waals surface area contributed by atoms with Gasteiger partial charge in [-0.15, -0.1) is 12.4 Å². The molecule has 0 unspecified atom stereocenters. The summed E-state index contributed by atoms with van der Waals surface area (Å²) in [4.78, 5) is 14.6. The Hall–Kier alpha value is -2.30. The van der Waals surface area contributed by atoms with Crippen LogP contribution in [0.15, 0.2) is 52.9 Å². The number of fused-ring (bicyclic) bond motifs is 1. The molecule has 1 amide bonds. The first-order valence-corrected chi connectivity index (χ1v) is 8.62. The average molecular weight is 373 g/mol. The Kier molecular flexibility index (Phi) is 6.83. The van der Waals surface area contributed by atoms with E-state index in [9.17, 15) is 4.79 Å². The third kappa shape index (κ3) is 4.45. The molecule has 0 radical (unpaired) electrons. The molecule has 138 valence electrons. The number of nitrogens with two attached hydrogens (primary N) is 1. The number of aryl methyl sites for hydroxylation is 2. The van der Waals surface area contributed by atoms with Gasteiger partial charge >= 0.3 is 0 Å². The largest absolute Gasteiger partial charge is 0.451 e. The van der Waals surface area contributed by atoms with Gasteiger partial charge in [0.15, 0.2) is 5.76 Å². The molecule has 0 aliphatic rings. The molecule has 0 fully saturated rings. The second-order valence-electron chi connectivity index (χ2n) is 6.40. The molecule has 5 heteroatoms. The van der Waals surface area contributed by atoms with Crippen molar-refractivity contribution in [3.05, 3.63) is 71.0 Å². The maximum absolute atomic E-state index is 12.9. The first-order valence-electron chi connectivity index (χ1n) is 8.62. The van der Waals surface area contributed by atoms with Crippen molar-refractivity contribution >= 4 is 29.3 Å². The lowest BCUT2D eigenvalue weighted by molar-refractivity contribution is 0.0732. The van der Waals surface area contributed by atoms with Crippen molar-refractivity contribution in [2.75, 3.05) is 19.6 Å². The van der Waals surface area contributed by atoms with E-state index in [1.165, 1.54) is 11.1 Å². The number of carbonyl (C=O) groups is 1. The molecule has 3 rings (SSSR count). The maximum atomic E-state index is 12.9. The monoisotopic (exact) mass is 372 g/mol. The van der Waals surface area contributed by atoms with Gasteiger partial charge in [-0.05, 0) is 55.2 Å². The Labute approximate surface area is 160 Å². The number of hydrogen-bond acceptors (Lipinski definition) is 3. The van der Waals surface area contributed by atoms with Crippen LogP contribution in [-0.4, -0.2) is 30.4 Å². The predicted molar refractivity (Wildman–Crippen MR) is 108 cm³/mol. The second kappa shape index (κ2) is 8.88. The number of carbonyl (C=O) groups excluding carboxylic acids is 1. The molecule has 0 saturated heterocycles. The number of benzene rings is 2. The van der Waals surface area contributed by atoms with Gasteiger partial charge in [-0.2, -0.15) is 0 Å². The van der Waals surface area contributed by atoms with Crippen LogP contribution in [0.2, 0.25) is 0 Å². The fourth-order valence-corrected chi connectivity index (χ4v) is 2.94. The van der Waals surface area contributed by atoms with E-state index in [1.54, 1.807) is 4.90 Å². The van der Waals surface area contributed by atoms with E-state index in [2.05, 4.69) is 25.1 Å². The topological polar surface area (TPSA) is 59.5 Å². The quantitative estimate of drug-likeness (QED) is 0.708. The first-order chi connectivity index (χ1) is 12.1. The standard InChI is InChI=1S/C21H24N2O2.ClH/c1-15-12-18-14-20(25-19(18)13-16(15)2)21(24)23(11-9-22)10-8-17-6-4-3-5-7-17;/h3-7,12-14H,8-11,22H2,1-2H3;1H. The van der Waals surface area contributed by atoms with Crippen LogP contribution in [0, 0.1) is 13.8 Å². The maximum Gasteiger partial charge on any atom is 0.289 e. The zero-order valence-electron chi connectivity index (χ0n) is 15.2. The molecule has 2 aromatic carbocycles. The van der Waals surface area contributed by atoms with Gasteiger partial charge in [-0.25, -0.2) is 0 Å². The Morgan fingerprint density at radius 3 is 2.42 bits per heavy atom. The number of nitrogens with zero attached hydrogens (tertiary/aromatic N) is 1. The number of amides is 1. The van der Waals surface area contributed by atoms with Crippen LogP contribution in [0.1, 0.15) is 27.2 Å². The summed E-state index contributed by atoms with van der Waals surface area (Å²) in [6, 6.07) is 16.0. The highest BCUT2D eigenvalue weighted by molar-refractivity contribution is 5.96. The van der Waals surface area contributed by atoms with E-state index in [4.69, 9.17) is 10.2 Å². The number of hydrogen-bond donors (Lipinski definition) is 1. The van der Waals surface area contributed by atoms with Crippen molar-refractivity contribution < 1.29 is 9.21 Å². The summed E-state index contributed by atoms with van der Waals surface area (Å²) in [5, 5.41) is 0.960. The van der Waals surface area contributed by atoms with E-state index in [-0.39, 0.29) is 18.3 Å². The summed E-state index contributed by atoms with van der Waals surface area (Å²) in [7, 11) is 0. The fraction of sp³-hybridized carbons (Fsp3) is 0.286. The van der Waals surface area contributed by atoms with Gasteiger partial charge in [0.05, 0.1) is 0 Å². The molecular formula is C21H25ClN2O2. The Morgan fingerprint density at radius 1 is 1.04 bits per heavy atom. The van der Waals surface area contributed by atoms with Gasteiger partial charge in [-0.3, -0.25) is 4.79 Å². The minimum absolute atomic E-state index is 0. The molecule has 0 bridgehead atoms. The van der Waals surface area contributed by atoms with Crippen LogP contribution < -0.4 is 5.73 Å². The van der Waals surface area contributed by atoms with E-state index in [0.29, 0.717) is 25.4 Å². The van der Waals surface area contributed by atoms with Crippen molar-refractivity contribution in [3.8, 4) is 0 Å². The highest BCUT2D eigenvalue weighted by Gasteiger charge is 2.19. The van der Waals surface area contributed by atoms with Gasteiger partial charge in [0.1, 0.15) is 5.58 Å². The smallest absolute Gasteiger partial charge is 0.289 e. The molecule has 4 nitrogen and oxygen atoms in total. The highest BCUT2D eigenvalue weighted by atomic mass is 35.5. The van der Waals surface area contributed by atoms with E-state index < -0.39 is 0 Å². The van der Waals surface area contributed by atoms with E-state index in [1.807, 2.05) is 37.3 Å². The number of rotatable bonds is 6. The predicted octanol–water partition coefficient (Wildman–Crippen LogP) is 4.12. The van der Waals surface area contributed by atoms with Gasteiger partial charge in [0.25, 0.3) is 5.91 Å². The summed E-state index contributed by atoms with van der Waals surface area (Å²) in [6.45, 7) is 5.66. The van der Waals surface area contributed by atoms with E-state index in [0.717, 1.165) is 23.0 Å². The summed E-state index contributed by atoms with van der Waals surface area (Å²) < 4.78 is 5.81. The third-order valence-electron chi connectivity index (χ3n) is 4.54. The molecule has 0 aliphatic heterocycles. The Morgan fingerprint density at radius 2 is 1.73 bits per heavy atom. The fourth-order valence-electron chi connectivity index (χ4n) is 2.94. The lowest BCUT2D eigenvalue weighted by Crippen LogP contribution is -2.36. The lowest BCUT2D eigenvalue weighted by atomic mass is 10.1. The molecule has 0 saturated carbocycles. The molecule has 0 aliphatic carbocycles. The Bertz CT molecular complexity index is 835. The molecule has 26 heavy (non-hydrogen) atoms. The molecule has 0 spiro atoms. The van der Waals surface area contributed by atoms with Crippen molar-refractivity contribution in [2.24, 2.45) is 5.73 Å². The van der Waals surface area contributed by atoms with Gasteiger partial charge in [0, 0.05) is 25.0 Å². The van der Waals surface area contributed by atoms with Gasteiger partial charge in [-0.1, -0.05) is 30.3 Å². The summed E-state index contributed by atoms with van der Waals surface area (Å²) >= 11 is 0. The van der Waals surface area contributed by atoms with Crippen LogP contribution in [0.5, 0.6) is 0 Å². The van der Waals surface area contributed by atoms with Crippen molar-refractivity contribution in [1.82, 2.24) is 4.90 Å². The summed E-state index contributed by atoms with van der Waals surface area (Å²) in [5.74, 6) is 0.273. The third-order valence-corrected chi connectivity index (χ3v) is 4.54. The average Bonchev–Trinajstić information content (AvgIpc) is 3.02. The summed E-state index contributed by atoms with van der Waals surface area (Å²) in [5.41, 5.74) is 10.0. The molecule has 1 heterocycles. The number of furan rings is 1. The van der Waals surface area contributed by atoms with Gasteiger partial charge in [0.2, 0.25) is 0 Å². The minimum Gasteiger partial charge on any atom is -0.451 e. The van der Waals surface area contributed by atoms with E-state index >= 15 is 0 Å². The molecule has 1 aromatic heterocycles. The van der Waals surface area contributed by atoms with Crippen LogP contribution in [0.4, 0.5) is 0 Å². The van der Waals surface area contributed by atoms with Crippen LogP contribution >= 0.6 is 12.4 Å². The zero-order chi connectivity index (χ0) is 17.8. The van der Waals surface area contributed by atoms with Gasteiger partial charge < -0.3 is 15.1 Å². The van der Waals surface area contributed by atoms with Crippen molar-refractivity contribution in [2.45, 2.75) is 20.3 Å². The first kappa shape index (κ1) is 20.0. The lowest BCUT2D eigenvalue weighted by Gasteiger charge is -2.20. The van der Waals surface area contributed by atoms with Crippen molar-refractivity contribution in [1.29, 1.82) is 0 Å². The minimum atomic E-state index is -0.104. The van der Waals surface area contributed by atoms with Crippen molar-refractivity contribution in [3.63, 3.8) is 0 Å². The SMILES string of the molecule is Cc1cc2cc(C(=O)N(CCN)CCc3ccccc3)oc2cc1C.Cl. The zero-order valence-corrected chi connectivity index (χ0v) is 16.0. The molecular weight excluding hydrogens is 348 g/mol. The van der Waals surface area contributed by atoms with Crippen LogP contribution in [0.3, 0.4) is 0 Å². The normalized spacial score (nSPS) is 10.6. The highest BCUT2D eigenvalue weighted by Crippen LogP contribution is 2.24.